The summed E-state index contributed by atoms with van der Waals surface area (Å²) in [6.07, 6.45) is 10.6. The average Bonchev–Trinajstić information content (AvgIpc) is 2.78. The molecular weight excluding hydrogens is 228 g/mol. The quantitative estimate of drug-likeness (QED) is 0.762. The van der Waals surface area contributed by atoms with E-state index in [9.17, 15) is 0 Å². The van der Waals surface area contributed by atoms with Gasteiger partial charge in [0.2, 0.25) is 0 Å². The molecule has 1 aliphatic carbocycles. The van der Waals surface area contributed by atoms with Crippen LogP contribution in [0.3, 0.4) is 0 Å². The number of hydrogen-bond donors (Lipinski definition) is 1. The van der Waals surface area contributed by atoms with Crippen LogP contribution in [0.5, 0.6) is 0 Å². The molecule has 0 amide bonds. The molecule has 1 atom stereocenters. The van der Waals surface area contributed by atoms with Gasteiger partial charge in [-0.15, -0.1) is 0 Å². The Morgan fingerprint density at radius 3 is 2.76 bits per heavy atom. The van der Waals surface area contributed by atoms with E-state index in [-0.39, 0.29) is 0 Å². The standard InChI is InChI=1S/C14H28N2S/c1-13-11-15-14(7-3-4-8-14)12-16(13)9-5-6-10-17-2/h13,15H,3-12H2,1-2H3. The molecule has 0 aromatic carbocycles. The van der Waals surface area contributed by atoms with Gasteiger partial charge in [0.1, 0.15) is 0 Å². The summed E-state index contributed by atoms with van der Waals surface area (Å²) < 4.78 is 0. The third-order valence-electron chi connectivity index (χ3n) is 4.51. The maximum atomic E-state index is 3.83. The maximum absolute atomic E-state index is 3.83. The van der Waals surface area contributed by atoms with Crippen LogP contribution in [-0.4, -0.2) is 48.1 Å². The van der Waals surface area contributed by atoms with Crippen molar-refractivity contribution in [1.29, 1.82) is 0 Å². The highest BCUT2D eigenvalue weighted by Gasteiger charge is 2.39. The highest BCUT2D eigenvalue weighted by molar-refractivity contribution is 7.98. The predicted molar refractivity (Wildman–Crippen MR) is 77.9 cm³/mol. The van der Waals surface area contributed by atoms with Crippen LogP contribution >= 0.6 is 11.8 Å². The molecule has 1 heterocycles. The van der Waals surface area contributed by atoms with E-state index in [1.807, 2.05) is 11.8 Å². The molecule has 1 N–H and O–H groups in total. The number of thioether (sulfide) groups is 1. The average molecular weight is 256 g/mol. The Labute approximate surface area is 111 Å². The Hall–Kier alpha value is 0.270. The first kappa shape index (κ1) is 13.7. The molecule has 1 unspecified atom stereocenters. The lowest BCUT2D eigenvalue weighted by Gasteiger charge is -2.45. The molecular formula is C14H28N2S. The Kier molecular flexibility index (Phi) is 5.19. The number of nitrogens with one attached hydrogen (secondary N) is 1. The van der Waals surface area contributed by atoms with Gasteiger partial charge in [0.05, 0.1) is 0 Å². The summed E-state index contributed by atoms with van der Waals surface area (Å²) in [5, 5.41) is 3.83. The Morgan fingerprint density at radius 1 is 1.29 bits per heavy atom. The molecule has 0 bridgehead atoms. The van der Waals surface area contributed by atoms with E-state index in [1.54, 1.807) is 0 Å². The minimum Gasteiger partial charge on any atom is -0.308 e. The van der Waals surface area contributed by atoms with E-state index in [4.69, 9.17) is 0 Å². The fourth-order valence-corrected chi connectivity index (χ4v) is 3.83. The fraction of sp³-hybridized carbons (Fsp3) is 1.00. The second-order valence-electron chi connectivity index (χ2n) is 5.89. The molecule has 2 aliphatic rings. The lowest BCUT2D eigenvalue weighted by molar-refractivity contribution is 0.0880. The van der Waals surface area contributed by atoms with Gasteiger partial charge in [0.25, 0.3) is 0 Å². The minimum atomic E-state index is 0.492. The van der Waals surface area contributed by atoms with Crippen molar-refractivity contribution in [3.8, 4) is 0 Å². The first-order chi connectivity index (χ1) is 8.26. The molecule has 1 spiro atoms. The third kappa shape index (κ3) is 3.62. The predicted octanol–water partition coefficient (Wildman–Crippen LogP) is 2.74. The zero-order valence-corrected chi connectivity index (χ0v) is 12.3. The third-order valence-corrected chi connectivity index (χ3v) is 5.20. The summed E-state index contributed by atoms with van der Waals surface area (Å²) in [5.41, 5.74) is 0.492. The molecule has 1 saturated heterocycles. The van der Waals surface area contributed by atoms with Gasteiger partial charge < -0.3 is 5.32 Å². The van der Waals surface area contributed by atoms with Crippen LogP contribution in [0.4, 0.5) is 0 Å². The molecule has 17 heavy (non-hydrogen) atoms. The van der Waals surface area contributed by atoms with Crippen LogP contribution in [0.1, 0.15) is 45.4 Å². The van der Waals surface area contributed by atoms with Gasteiger partial charge in [0, 0.05) is 24.7 Å². The van der Waals surface area contributed by atoms with Crippen LogP contribution in [0.15, 0.2) is 0 Å². The zero-order valence-electron chi connectivity index (χ0n) is 11.5. The van der Waals surface area contributed by atoms with Crippen LogP contribution < -0.4 is 5.32 Å². The number of hydrogen-bond acceptors (Lipinski definition) is 3. The topological polar surface area (TPSA) is 15.3 Å². The van der Waals surface area contributed by atoms with Crippen LogP contribution in [-0.2, 0) is 0 Å². The van der Waals surface area contributed by atoms with E-state index >= 15 is 0 Å². The lowest BCUT2D eigenvalue weighted by atomic mass is 9.92. The molecule has 0 aromatic heterocycles. The number of piperazine rings is 1. The second-order valence-corrected chi connectivity index (χ2v) is 6.87. The maximum Gasteiger partial charge on any atom is 0.0309 e. The number of rotatable bonds is 5. The van der Waals surface area contributed by atoms with Gasteiger partial charge in [-0.05, 0) is 51.2 Å². The van der Waals surface area contributed by atoms with E-state index in [0.717, 1.165) is 6.04 Å². The van der Waals surface area contributed by atoms with E-state index in [0.29, 0.717) is 5.54 Å². The first-order valence-electron chi connectivity index (χ1n) is 7.24. The first-order valence-corrected chi connectivity index (χ1v) is 8.63. The second kappa shape index (κ2) is 6.44. The summed E-state index contributed by atoms with van der Waals surface area (Å²) in [4.78, 5) is 2.74. The van der Waals surface area contributed by atoms with E-state index in [1.165, 1.54) is 63.9 Å². The summed E-state index contributed by atoms with van der Waals surface area (Å²) in [5.74, 6) is 1.33. The van der Waals surface area contributed by atoms with Crippen molar-refractivity contribution in [2.75, 3.05) is 31.6 Å². The number of unbranched alkanes of at least 4 members (excludes halogenated alkanes) is 1. The lowest BCUT2D eigenvalue weighted by Crippen LogP contribution is -2.62. The van der Waals surface area contributed by atoms with Crippen molar-refractivity contribution < 1.29 is 0 Å². The molecule has 1 saturated carbocycles. The molecule has 0 aromatic rings. The SMILES string of the molecule is CSCCCCN1CC2(CCCC2)NCC1C. The molecule has 1 aliphatic heterocycles. The molecule has 2 fully saturated rings. The smallest absolute Gasteiger partial charge is 0.0309 e. The number of nitrogens with zero attached hydrogens (tertiary/aromatic N) is 1. The van der Waals surface area contributed by atoms with Gasteiger partial charge in [-0.1, -0.05) is 12.8 Å². The Bertz CT molecular complexity index is 226. The van der Waals surface area contributed by atoms with Crippen molar-refractivity contribution >= 4 is 11.8 Å². The van der Waals surface area contributed by atoms with Gasteiger partial charge in [-0.3, -0.25) is 4.90 Å². The molecule has 3 heteroatoms. The van der Waals surface area contributed by atoms with E-state index < -0.39 is 0 Å². The molecule has 0 radical (unpaired) electrons. The summed E-state index contributed by atoms with van der Waals surface area (Å²) in [7, 11) is 0. The van der Waals surface area contributed by atoms with Gasteiger partial charge >= 0.3 is 0 Å². The van der Waals surface area contributed by atoms with Crippen molar-refractivity contribution in [3.63, 3.8) is 0 Å². The monoisotopic (exact) mass is 256 g/mol. The van der Waals surface area contributed by atoms with Crippen LogP contribution in [0.2, 0.25) is 0 Å². The van der Waals surface area contributed by atoms with Crippen LogP contribution in [0.25, 0.3) is 0 Å². The Morgan fingerprint density at radius 2 is 2.06 bits per heavy atom. The normalized spacial score (nSPS) is 28.9. The highest BCUT2D eigenvalue weighted by atomic mass is 32.2. The van der Waals surface area contributed by atoms with Gasteiger partial charge in [-0.2, -0.15) is 11.8 Å². The Balaban J connectivity index is 1.78. The van der Waals surface area contributed by atoms with Crippen molar-refractivity contribution in [2.24, 2.45) is 0 Å². The zero-order chi connectivity index (χ0) is 12.1. The molecule has 2 rings (SSSR count). The van der Waals surface area contributed by atoms with Crippen LogP contribution in [0, 0.1) is 0 Å². The largest absolute Gasteiger partial charge is 0.308 e. The highest BCUT2D eigenvalue weighted by Crippen LogP contribution is 2.33. The van der Waals surface area contributed by atoms with Crippen molar-refractivity contribution in [3.05, 3.63) is 0 Å². The summed E-state index contributed by atoms with van der Waals surface area (Å²) in [6, 6.07) is 0.732. The van der Waals surface area contributed by atoms with Crippen molar-refractivity contribution in [2.45, 2.75) is 57.0 Å². The molecule has 2 nitrogen and oxygen atoms in total. The minimum absolute atomic E-state index is 0.492. The molecule has 100 valence electrons. The summed E-state index contributed by atoms with van der Waals surface area (Å²) >= 11 is 1.98. The van der Waals surface area contributed by atoms with Gasteiger partial charge in [-0.25, -0.2) is 0 Å². The summed E-state index contributed by atoms with van der Waals surface area (Å²) in [6.45, 7) is 6.19. The van der Waals surface area contributed by atoms with E-state index in [2.05, 4.69) is 23.4 Å². The van der Waals surface area contributed by atoms with Gasteiger partial charge in [0.15, 0.2) is 0 Å². The fourth-order valence-electron chi connectivity index (χ4n) is 3.34. The van der Waals surface area contributed by atoms with Crippen molar-refractivity contribution in [1.82, 2.24) is 10.2 Å².